The zero-order chi connectivity index (χ0) is 11.6. The third-order valence-electron chi connectivity index (χ3n) is 3.39. The van der Waals surface area contributed by atoms with E-state index in [9.17, 15) is 0 Å². The molecule has 2 nitrogen and oxygen atoms in total. The van der Waals surface area contributed by atoms with E-state index in [0.29, 0.717) is 16.0 Å². The molecule has 1 fully saturated rings. The first kappa shape index (κ1) is 11.3. The Labute approximate surface area is 101 Å². The summed E-state index contributed by atoms with van der Waals surface area (Å²) >= 11 is 5.96. The van der Waals surface area contributed by atoms with Crippen LogP contribution in [0, 0.1) is 16.7 Å². The summed E-state index contributed by atoms with van der Waals surface area (Å²) in [6, 6.07) is 7.67. The molecule has 84 valence electrons. The lowest BCUT2D eigenvalue weighted by Crippen LogP contribution is -2.33. The highest BCUT2D eigenvalue weighted by Gasteiger charge is 2.31. The van der Waals surface area contributed by atoms with Crippen LogP contribution in [0.4, 0.5) is 5.69 Å². The third-order valence-corrected chi connectivity index (χ3v) is 3.71. The first-order chi connectivity index (χ1) is 7.64. The van der Waals surface area contributed by atoms with Crippen LogP contribution in [0.25, 0.3) is 0 Å². The highest BCUT2D eigenvalue weighted by molar-refractivity contribution is 6.32. The van der Waals surface area contributed by atoms with Crippen molar-refractivity contribution in [3.05, 3.63) is 28.8 Å². The van der Waals surface area contributed by atoms with Crippen LogP contribution in [0.3, 0.4) is 0 Å². The molecule has 0 heterocycles. The average molecular weight is 235 g/mol. The molecule has 0 saturated heterocycles. The molecule has 0 atom stereocenters. The Morgan fingerprint density at radius 1 is 1.50 bits per heavy atom. The van der Waals surface area contributed by atoms with Gasteiger partial charge < -0.3 is 5.32 Å². The number of anilines is 1. The summed E-state index contributed by atoms with van der Waals surface area (Å²) in [5, 5.41) is 12.9. The predicted octanol–water partition coefficient (Wildman–Crippen LogP) is 3.81. The minimum Gasteiger partial charge on any atom is -0.383 e. The number of benzene rings is 1. The molecule has 0 spiro atoms. The molecule has 1 N–H and O–H groups in total. The van der Waals surface area contributed by atoms with Gasteiger partial charge in [-0.2, -0.15) is 5.26 Å². The SMILES string of the molecule is CC1(CNc2cccc(Cl)c2C#N)CCC1. The number of rotatable bonds is 3. The summed E-state index contributed by atoms with van der Waals surface area (Å²) in [7, 11) is 0. The number of nitrogens with zero attached hydrogens (tertiary/aromatic N) is 1. The highest BCUT2D eigenvalue weighted by atomic mass is 35.5. The van der Waals surface area contributed by atoms with E-state index in [0.717, 1.165) is 12.2 Å². The van der Waals surface area contributed by atoms with Crippen molar-refractivity contribution in [2.24, 2.45) is 5.41 Å². The summed E-state index contributed by atoms with van der Waals surface area (Å²) < 4.78 is 0. The lowest BCUT2D eigenvalue weighted by Gasteiger charge is -2.38. The maximum Gasteiger partial charge on any atom is 0.103 e. The van der Waals surface area contributed by atoms with Gasteiger partial charge in [0.15, 0.2) is 0 Å². The molecule has 1 aromatic rings. The van der Waals surface area contributed by atoms with E-state index in [1.54, 1.807) is 6.07 Å². The van der Waals surface area contributed by atoms with E-state index >= 15 is 0 Å². The summed E-state index contributed by atoms with van der Waals surface area (Å²) in [4.78, 5) is 0. The summed E-state index contributed by atoms with van der Waals surface area (Å²) in [6.45, 7) is 3.20. The Bertz CT molecular complexity index is 430. The molecule has 1 aliphatic rings. The lowest BCUT2D eigenvalue weighted by atomic mass is 9.70. The van der Waals surface area contributed by atoms with E-state index in [2.05, 4.69) is 18.3 Å². The van der Waals surface area contributed by atoms with Crippen molar-refractivity contribution in [2.45, 2.75) is 26.2 Å². The van der Waals surface area contributed by atoms with Gasteiger partial charge in [-0.3, -0.25) is 0 Å². The summed E-state index contributed by atoms with van der Waals surface area (Å²) in [5.41, 5.74) is 1.80. The molecular formula is C13H15ClN2. The monoisotopic (exact) mass is 234 g/mol. The molecule has 0 aromatic heterocycles. The second kappa shape index (κ2) is 4.35. The average Bonchev–Trinajstić information content (AvgIpc) is 2.24. The zero-order valence-corrected chi connectivity index (χ0v) is 10.1. The molecule has 1 saturated carbocycles. The predicted molar refractivity (Wildman–Crippen MR) is 66.6 cm³/mol. The van der Waals surface area contributed by atoms with Crippen LogP contribution >= 0.6 is 11.6 Å². The van der Waals surface area contributed by atoms with Crippen molar-refractivity contribution in [1.82, 2.24) is 0 Å². The zero-order valence-electron chi connectivity index (χ0n) is 9.39. The number of hydrogen-bond donors (Lipinski definition) is 1. The van der Waals surface area contributed by atoms with E-state index in [1.807, 2.05) is 12.1 Å². The first-order valence-electron chi connectivity index (χ1n) is 5.57. The quantitative estimate of drug-likeness (QED) is 0.863. The fourth-order valence-corrected chi connectivity index (χ4v) is 2.27. The highest BCUT2D eigenvalue weighted by Crippen LogP contribution is 2.40. The maximum absolute atomic E-state index is 9.03. The van der Waals surface area contributed by atoms with Gasteiger partial charge in [-0.25, -0.2) is 0 Å². The minimum absolute atomic E-state index is 0.398. The molecule has 3 heteroatoms. The van der Waals surface area contributed by atoms with Gasteiger partial charge in [-0.15, -0.1) is 0 Å². The summed E-state index contributed by atoms with van der Waals surface area (Å²) in [6.07, 6.45) is 3.85. The van der Waals surface area contributed by atoms with Crippen molar-refractivity contribution in [1.29, 1.82) is 5.26 Å². The van der Waals surface area contributed by atoms with Crippen LogP contribution in [0.5, 0.6) is 0 Å². The third kappa shape index (κ3) is 2.15. The van der Waals surface area contributed by atoms with E-state index in [1.165, 1.54) is 19.3 Å². The van der Waals surface area contributed by atoms with Crippen LogP contribution in [-0.2, 0) is 0 Å². The van der Waals surface area contributed by atoms with Crippen LogP contribution in [-0.4, -0.2) is 6.54 Å². The fourth-order valence-electron chi connectivity index (χ4n) is 2.05. The van der Waals surface area contributed by atoms with Crippen molar-refractivity contribution < 1.29 is 0 Å². The van der Waals surface area contributed by atoms with Gasteiger partial charge in [0.2, 0.25) is 0 Å². The second-order valence-corrected chi connectivity index (χ2v) is 5.20. The Balaban J connectivity index is 2.10. The first-order valence-corrected chi connectivity index (χ1v) is 5.95. The van der Waals surface area contributed by atoms with Crippen LogP contribution < -0.4 is 5.32 Å². The van der Waals surface area contributed by atoms with Crippen molar-refractivity contribution in [2.75, 3.05) is 11.9 Å². The van der Waals surface area contributed by atoms with Gasteiger partial charge in [0.1, 0.15) is 6.07 Å². The van der Waals surface area contributed by atoms with E-state index in [-0.39, 0.29) is 0 Å². The number of nitrogens with one attached hydrogen (secondary N) is 1. The van der Waals surface area contributed by atoms with Crippen LogP contribution in [0.15, 0.2) is 18.2 Å². The Kier molecular flexibility index (Phi) is 3.07. The minimum atomic E-state index is 0.398. The molecule has 0 radical (unpaired) electrons. The normalized spacial score (nSPS) is 17.3. The van der Waals surface area contributed by atoms with Crippen molar-refractivity contribution >= 4 is 17.3 Å². The van der Waals surface area contributed by atoms with Gasteiger partial charge in [0.05, 0.1) is 16.3 Å². The smallest absolute Gasteiger partial charge is 0.103 e. The fraction of sp³-hybridized carbons (Fsp3) is 0.462. The lowest BCUT2D eigenvalue weighted by molar-refractivity contribution is 0.180. The van der Waals surface area contributed by atoms with Gasteiger partial charge in [-0.1, -0.05) is 31.0 Å². The summed E-state index contributed by atoms with van der Waals surface area (Å²) in [5.74, 6) is 0. The second-order valence-electron chi connectivity index (χ2n) is 4.79. The van der Waals surface area contributed by atoms with Crippen molar-refractivity contribution in [3.63, 3.8) is 0 Å². The number of halogens is 1. The molecule has 2 rings (SSSR count). The molecule has 0 bridgehead atoms. The van der Waals surface area contributed by atoms with Crippen LogP contribution in [0.2, 0.25) is 5.02 Å². The van der Waals surface area contributed by atoms with E-state index < -0.39 is 0 Å². The molecule has 0 unspecified atom stereocenters. The molecule has 0 aliphatic heterocycles. The Hall–Kier alpha value is -1.20. The Morgan fingerprint density at radius 3 is 2.81 bits per heavy atom. The topological polar surface area (TPSA) is 35.8 Å². The van der Waals surface area contributed by atoms with Gasteiger partial charge >= 0.3 is 0 Å². The standard InChI is InChI=1S/C13H15ClN2/c1-13(6-3-7-13)9-16-12-5-2-4-11(14)10(12)8-15/h2,4-5,16H,3,6-7,9H2,1H3. The van der Waals surface area contributed by atoms with Gasteiger partial charge in [0, 0.05) is 6.54 Å². The van der Waals surface area contributed by atoms with E-state index in [4.69, 9.17) is 16.9 Å². The number of nitriles is 1. The molecule has 0 amide bonds. The Morgan fingerprint density at radius 2 is 2.25 bits per heavy atom. The molecule has 16 heavy (non-hydrogen) atoms. The molecule has 1 aromatic carbocycles. The van der Waals surface area contributed by atoms with Crippen LogP contribution in [0.1, 0.15) is 31.7 Å². The maximum atomic E-state index is 9.03. The largest absolute Gasteiger partial charge is 0.383 e. The van der Waals surface area contributed by atoms with Gasteiger partial charge in [0.25, 0.3) is 0 Å². The number of hydrogen-bond acceptors (Lipinski definition) is 2. The van der Waals surface area contributed by atoms with Crippen molar-refractivity contribution in [3.8, 4) is 6.07 Å². The molecule has 1 aliphatic carbocycles. The van der Waals surface area contributed by atoms with Gasteiger partial charge in [-0.05, 0) is 30.4 Å². The molecular weight excluding hydrogens is 220 g/mol.